The lowest BCUT2D eigenvalue weighted by Gasteiger charge is -2.51. The van der Waals surface area contributed by atoms with Gasteiger partial charge in [-0.2, -0.15) is 11.8 Å². The summed E-state index contributed by atoms with van der Waals surface area (Å²) in [6.07, 6.45) is 3.91. The second-order valence-corrected chi connectivity index (χ2v) is 7.75. The maximum Gasteiger partial charge on any atom is 0.0241 e. The summed E-state index contributed by atoms with van der Waals surface area (Å²) in [5.41, 5.74) is 0.494. The van der Waals surface area contributed by atoms with Crippen molar-refractivity contribution in [3.63, 3.8) is 0 Å². The molecule has 3 atom stereocenters. The van der Waals surface area contributed by atoms with Gasteiger partial charge >= 0.3 is 0 Å². The summed E-state index contributed by atoms with van der Waals surface area (Å²) in [6.45, 7) is 12.0. The molecule has 0 amide bonds. The summed E-state index contributed by atoms with van der Waals surface area (Å²) in [7, 11) is 0. The van der Waals surface area contributed by atoms with E-state index in [4.69, 9.17) is 0 Å². The molecule has 3 heteroatoms. The largest absolute Gasteiger partial charge is 0.311 e. The van der Waals surface area contributed by atoms with Gasteiger partial charge in [-0.1, -0.05) is 27.7 Å². The van der Waals surface area contributed by atoms with Crippen LogP contribution in [0.2, 0.25) is 0 Å². The van der Waals surface area contributed by atoms with Gasteiger partial charge in [-0.05, 0) is 30.4 Å². The molecule has 18 heavy (non-hydrogen) atoms. The molecule has 2 rings (SSSR count). The number of nitrogens with one attached hydrogen (secondary N) is 1. The number of thioether (sulfide) groups is 1. The molecular weight excluding hydrogens is 240 g/mol. The highest BCUT2D eigenvalue weighted by Crippen LogP contribution is 2.39. The summed E-state index contributed by atoms with van der Waals surface area (Å²) in [5, 5.41) is 3.72. The van der Waals surface area contributed by atoms with Crippen molar-refractivity contribution in [2.24, 2.45) is 5.41 Å². The Hall–Kier alpha value is 0.270. The van der Waals surface area contributed by atoms with Gasteiger partial charge in [0.2, 0.25) is 0 Å². The molecule has 2 fully saturated rings. The number of rotatable bonds is 3. The quantitative estimate of drug-likeness (QED) is 0.849. The summed E-state index contributed by atoms with van der Waals surface area (Å²) < 4.78 is 0. The first-order chi connectivity index (χ1) is 8.58. The van der Waals surface area contributed by atoms with Crippen LogP contribution in [0.25, 0.3) is 0 Å². The van der Waals surface area contributed by atoms with Crippen LogP contribution in [-0.4, -0.2) is 47.6 Å². The van der Waals surface area contributed by atoms with E-state index in [2.05, 4.69) is 49.7 Å². The van der Waals surface area contributed by atoms with Gasteiger partial charge < -0.3 is 5.32 Å². The van der Waals surface area contributed by atoms with Crippen molar-refractivity contribution in [3.05, 3.63) is 0 Å². The average molecular weight is 270 g/mol. The van der Waals surface area contributed by atoms with Crippen molar-refractivity contribution in [2.45, 2.75) is 65.1 Å². The molecule has 1 N–H and O–H groups in total. The number of nitrogens with zero attached hydrogens (tertiary/aromatic N) is 1. The molecule has 106 valence electrons. The fourth-order valence-corrected chi connectivity index (χ4v) is 5.09. The van der Waals surface area contributed by atoms with E-state index in [1.165, 1.54) is 43.9 Å². The van der Waals surface area contributed by atoms with Gasteiger partial charge in [0.1, 0.15) is 0 Å². The van der Waals surface area contributed by atoms with Crippen molar-refractivity contribution in [1.82, 2.24) is 10.2 Å². The molecule has 0 spiro atoms. The maximum absolute atomic E-state index is 3.72. The van der Waals surface area contributed by atoms with E-state index in [0.29, 0.717) is 11.5 Å². The highest BCUT2D eigenvalue weighted by atomic mass is 32.2. The van der Waals surface area contributed by atoms with Crippen molar-refractivity contribution >= 4 is 11.8 Å². The minimum atomic E-state index is 0.494. The topological polar surface area (TPSA) is 15.3 Å². The molecule has 2 nitrogen and oxygen atoms in total. The van der Waals surface area contributed by atoms with Gasteiger partial charge in [-0.3, -0.25) is 4.90 Å². The van der Waals surface area contributed by atoms with Crippen molar-refractivity contribution in [1.29, 1.82) is 0 Å². The van der Waals surface area contributed by atoms with Gasteiger partial charge in [-0.25, -0.2) is 0 Å². The lowest BCUT2D eigenvalue weighted by molar-refractivity contribution is 0.0250. The second kappa shape index (κ2) is 6.15. The Balaban J connectivity index is 2.11. The van der Waals surface area contributed by atoms with Crippen molar-refractivity contribution in [3.8, 4) is 0 Å². The van der Waals surface area contributed by atoms with E-state index in [1.54, 1.807) is 0 Å². The smallest absolute Gasteiger partial charge is 0.0241 e. The molecule has 0 aromatic carbocycles. The van der Waals surface area contributed by atoms with Crippen LogP contribution in [0.4, 0.5) is 0 Å². The Kier molecular flexibility index (Phi) is 5.01. The van der Waals surface area contributed by atoms with Crippen LogP contribution in [0.15, 0.2) is 0 Å². The van der Waals surface area contributed by atoms with Gasteiger partial charge in [0, 0.05) is 37.0 Å². The summed E-state index contributed by atoms with van der Waals surface area (Å²) in [4.78, 5) is 2.84. The van der Waals surface area contributed by atoms with Gasteiger partial charge in [0.05, 0.1) is 0 Å². The van der Waals surface area contributed by atoms with Gasteiger partial charge in [-0.15, -0.1) is 0 Å². The number of hydrogen-bond acceptors (Lipinski definition) is 3. The Labute approximate surface area is 117 Å². The lowest BCUT2D eigenvalue weighted by atomic mass is 9.80. The van der Waals surface area contributed by atoms with Crippen LogP contribution >= 0.6 is 11.8 Å². The van der Waals surface area contributed by atoms with Gasteiger partial charge in [0.25, 0.3) is 0 Å². The summed E-state index contributed by atoms with van der Waals surface area (Å²) in [6, 6.07) is 2.23. The van der Waals surface area contributed by atoms with Crippen LogP contribution in [0.5, 0.6) is 0 Å². The highest BCUT2D eigenvalue weighted by molar-refractivity contribution is 7.99. The minimum absolute atomic E-state index is 0.494. The third-order valence-electron chi connectivity index (χ3n) is 4.98. The Morgan fingerprint density at radius 1 is 1.28 bits per heavy atom. The molecular formula is C15H30N2S. The molecule has 0 aromatic heterocycles. The van der Waals surface area contributed by atoms with Crippen LogP contribution in [0.3, 0.4) is 0 Å². The predicted molar refractivity (Wildman–Crippen MR) is 82.4 cm³/mol. The molecule has 0 saturated carbocycles. The fourth-order valence-electron chi connectivity index (χ4n) is 3.39. The first kappa shape index (κ1) is 14.7. The highest BCUT2D eigenvalue weighted by Gasteiger charge is 2.40. The average Bonchev–Trinajstić information content (AvgIpc) is 2.37. The van der Waals surface area contributed by atoms with E-state index < -0.39 is 0 Å². The minimum Gasteiger partial charge on any atom is -0.311 e. The van der Waals surface area contributed by atoms with E-state index in [9.17, 15) is 0 Å². The standard InChI is InChI=1S/C15H30N2S/c1-5-12-10-17(13(6-2)9-16-12)14-11-18-8-7-15(14,3)4/h12-14,16H,5-11H2,1-4H3. The molecule has 0 aromatic rings. The third-order valence-corrected chi connectivity index (χ3v) is 6.02. The molecule has 2 aliphatic heterocycles. The van der Waals surface area contributed by atoms with Crippen LogP contribution in [-0.2, 0) is 0 Å². The first-order valence-corrected chi connectivity index (χ1v) is 8.80. The molecule has 0 aliphatic carbocycles. The molecule has 2 heterocycles. The Morgan fingerprint density at radius 3 is 2.67 bits per heavy atom. The van der Waals surface area contributed by atoms with Crippen molar-refractivity contribution < 1.29 is 0 Å². The van der Waals surface area contributed by atoms with E-state index >= 15 is 0 Å². The number of piperazine rings is 1. The zero-order valence-electron chi connectivity index (χ0n) is 12.5. The van der Waals surface area contributed by atoms with E-state index in [0.717, 1.165) is 12.1 Å². The molecule has 0 radical (unpaired) electrons. The second-order valence-electron chi connectivity index (χ2n) is 6.60. The predicted octanol–water partition coefficient (Wildman–Crippen LogP) is 2.98. The third kappa shape index (κ3) is 3.05. The monoisotopic (exact) mass is 270 g/mol. The summed E-state index contributed by atoms with van der Waals surface area (Å²) in [5.74, 6) is 2.68. The lowest BCUT2D eigenvalue weighted by Crippen LogP contribution is -2.63. The zero-order chi connectivity index (χ0) is 13.2. The van der Waals surface area contributed by atoms with Gasteiger partial charge in [0.15, 0.2) is 0 Å². The number of hydrogen-bond donors (Lipinski definition) is 1. The normalized spacial score (nSPS) is 37.7. The zero-order valence-corrected chi connectivity index (χ0v) is 13.4. The van der Waals surface area contributed by atoms with Crippen LogP contribution < -0.4 is 5.32 Å². The van der Waals surface area contributed by atoms with Crippen LogP contribution in [0, 0.1) is 5.41 Å². The maximum atomic E-state index is 3.72. The molecule has 3 unspecified atom stereocenters. The summed E-state index contributed by atoms with van der Waals surface area (Å²) >= 11 is 2.16. The SMILES string of the molecule is CCC1CN(C2CSCCC2(C)C)C(CC)CN1. The molecule has 0 bridgehead atoms. The van der Waals surface area contributed by atoms with Crippen LogP contribution in [0.1, 0.15) is 47.0 Å². The Morgan fingerprint density at radius 2 is 2.06 bits per heavy atom. The fraction of sp³-hybridized carbons (Fsp3) is 1.00. The van der Waals surface area contributed by atoms with E-state index in [-0.39, 0.29) is 0 Å². The molecule has 2 aliphatic rings. The van der Waals surface area contributed by atoms with Crippen molar-refractivity contribution in [2.75, 3.05) is 24.6 Å². The Bertz CT molecular complexity index is 267. The first-order valence-electron chi connectivity index (χ1n) is 7.65. The molecule has 2 saturated heterocycles. The van der Waals surface area contributed by atoms with E-state index in [1.807, 2.05) is 0 Å².